The van der Waals surface area contributed by atoms with E-state index in [1.54, 1.807) is 23.5 Å². The van der Waals surface area contributed by atoms with E-state index in [1.165, 1.54) is 11.1 Å². The zero-order valence-electron chi connectivity index (χ0n) is 16.3. The molecule has 6 rings (SSSR count). The SMILES string of the molecule is Cc1nccn1-c1cc(NC2CCC3=C(C2)c2ccccc2C3)n2nccc2n1. The van der Waals surface area contributed by atoms with Crippen LogP contribution in [-0.2, 0) is 6.42 Å². The zero-order valence-corrected chi connectivity index (χ0v) is 16.3. The van der Waals surface area contributed by atoms with E-state index < -0.39 is 0 Å². The van der Waals surface area contributed by atoms with Crippen LogP contribution in [0.25, 0.3) is 17.0 Å². The number of nitrogens with zero attached hydrogens (tertiary/aromatic N) is 5. The maximum absolute atomic E-state index is 4.75. The van der Waals surface area contributed by atoms with Crippen molar-refractivity contribution >= 4 is 17.0 Å². The van der Waals surface area contributed by atoms with Gasteiger partial charge in [0, 0.05) is 30.6 Å². The van der Waals surface area contributed by atoms with Crippen LogP contribution in [0.5, 0.6) is 0 Å². The number of hydrogen-bond donors (Lipinski definition) is 1. The molecule has 3 heterocycles. The Morgan fingerprint density at radius 3 is 2.97 bits per heavy atom. The molecular weight excluding hydrogens is 360 g/mol. The summed E-state index contributed by atoms with van der Waals surface area (Å²) >= 11 is 0. The van der Waals surface area contributed by atoms with Gasteiger partial charge in [-0.15, -0.1) is 0 Å². The molecule has 0 spiro atoms. The molecule has 3 aromatic heterocycles. The van der Waals surface area contributed by atoms with Gasteiger partial charge in [0.05, 0.1) is 6.20 Å². The average Bonchev–Trinajstić information content (AvgIpc) is 3.45. The summed E-state index contributed by atoms with van der Waals surface area (Å²) in [6, 6.07) is 13.2. The standard InChI is InChI=1S/C23H22N6/c1-15-24-10-11-28(15)22-14-23(29-21(27-22)8-9-25-29)26-18-7-6-17-12-16-4-2-3-5-19(16)20(17)13-18/h2-5,8-11,14,18,26H,6-7,12-13H2,1H3. The molecule has 1 aromatic carbocycles. The number of benzene rings is 1. The minimum absolute atomic E-state index is 0.381. The molecule has 144 valence electrons. The highest BCUT2D eigenvalue weighted by atomic mass is 15.3. The number of allylic oxidation sites excluding steroid dienone is 1. The Morgan fingerprint density at radius 2 is 2.07 bits per heavy atom. The van der Waals surface area contributed by atoms with Gasteiger partial charge in [-0.25, -0.2) is 9.97 Å². The topological polar surface area (TPSA) is 60.0 Å². The van der Waals surface area contributed by atoms with E-state index in [9.17, 15) is 0 Å². The first kappa shape index (κ1) is 16.5. The Bertz CT molecular complexity index is 1260. The number of aromatic nitrogens is 5. The summed E-state index contributed by atoms with van der Waals surface area (Å²) < 4.78 is 3.90. The predicted molar refractivity (Wildman–Crippen MR) is 113 cm³/mol. The maximum atomic E-state index is 4.75. The summed E-state index contributed by atoms with van der Waals surface area (Å²) in [6.45, 7) is 1.99. The molecule has 0 amide bonds. The van der Waals surface area contributed by atoms with Crippen LogP contribution in [0.15, 0.2) is 60.6 Å². The van der Waals surface area contributed by atoms with Gasteiger partial charge < -0.3 is 5.32 Å². The molecule has 2 aliphatic rings. The summed E-state index contributed by atoms with van der Waals surface area (Å²) in [4.78, 5) is 9.09. The Kier molecular flexibility index (Phi) is 3.59. The molecule has 0 bridgehead atoms. The number of hydrogen-bond acceptors (Lipinski definition) is 4. The molecular formula is C23H22N6. The van der Waals surface area contributed by atoms with Crippen molar-refractivity contribution in [1.29, 1.82) is 0 Å². The highest BCUT2D eigenvalue weighted by Gasteiger charge is 2.28. The van der Waals surface area contributed by atoms with Crippen molar-refractivity contribution in [2.45, 2.75) is 38.6 Å². The molecule has 6 heteroatoms. The Morgan fingerprint density at radius 1 is 1.14 bits per heavy atom. The Labute approximate surface area is 168 Å². The molecule has 6 nitrogen and oxygen atoms in total. The quantitative estimate of drug-likeness (QED) is 0.577. The van der Waals surface area contributed by atoms with Gasteiger partial charge in [0.2, 0.25) is 0 Å². The van der Waals surface area contributed by atoms with Crippen LogP contribution < -0.4 is 5.32 Å². The minimum atomic E-state index is 0.381. The van der Waals surface area contributed by atoms with E-state index in [0.717, 1.165) is 48.8 Å². The van der Waals surface area contributed by atoms with E-state index in [1.807, 2.05) is 28.3 Å². The number of nitrogens with one attached hydrogen (secondary N) is 1. The van der Waals surface area contributed by atoms with E-state index in [4.69, 9.17) is 4.98 Å². The molecule has 0 saturated heterocycles. The lowest BCUT2D eigenvalue weighted by atomic mass is 9.88. The van der Waals surface area contributed by atoms with Gasteiger partial charge >= 0.3 is 0 Å². The lowest BCUT2D eigenvalue weighted by Gasteiger charge is -2.26. The second-order valence-corrected chi connectivity index (χ2v) is 7.95. The number of imidazole rings is 1. The molecule has 1 unspecified atom stereocenters. The second-order valence-electron chi connectivity index (χ2n) is 7.95. The van der Waals surface area contributed by atoms with Crippen molar-refractivity contribution in [3.05, 3.63) is 77.5 Å². The van der Waals surface area contributed by atoms with Crippen LogP contribution in [0.4, 0.5) is 5.82 Å². The average molecular weight is 382 g/mol. The maximum Gasteiger partial charge on any atom is 0.159 e. The second kappa shape index (κ2) is 6.30. The van der Waals surface area contributed by atoms with Crippen molar-refractivity contribution in [2.24, 2.45) is 0 Å². The molecule has 0 saturated carbocycles. The number of fused-ring (bicyclic) bond motifs is 3. The third kappa shape index (κ3) is 2.67. The van der Waals surface area contributed by atoms with Crippen molar-refractivity contribution < 1.29 is 0 Å². The van der Waals surface area contributed by atoms with Crippen molar-refractivity contribution in [2.75, 3.05) is 5.32 Å². The first-order chi connectivity index (χ1) is 14.3. The fraction of sp³-hybridized carbons (Fsp3) is 0.261. The fourth-order valence-corrected chi connectivity index (χ4v) is 4.76. The number of rotatable bonds is 3. The van der Waals surface area contributed by atoms with Crippen LogP contribution in [0.3, 0.4) is 0 Å². The molecule has 4 aromatic rings. The minimum Gasteiger partial charge on any atom is -0.367 e. The van der Waals surface area contributed by atoms with Crippen molar-refractivity contribution in [1.82, 2.24) is 24.1 Å². The van der Waals surface area contributed by atoms with E-state index in [2.05, 4.69) is 45.7 Å². The molecule has 2 aliphatic carbocycles. The summed E-state index contributed by atoms with van der Waals surface area (Å²) in [5.74, 6) is 2.75. The van der Waals surface area contributed by atoms with Crippen molar-refractivity contribution in [3.8, 4) is 5.82 Å². The first-order valence-electron chi connectivity index (χ1n) is 10.2. The van der Waals surface area contributed by atoms with Crippen LogP contribution in [0.2, 0.25) is 0 Å². The van der Waals surface area contributed by atoms with Gasteiger partial charge in [-0.05, 0) is 49.3 Å². The highest BCUT2D eigenvalue weighted by Crippen LogP contribution is 2.42. The van der Waals surface area contributed by atoms with E-state index >= 15 is 0 Å². The summed E-state index contributed by atoms with van der Waals surface area (Å²) in [5.41, 5.74) is 6.93. The van der Waals surface area contributed by atoms with Gasteiger partial charge in [0.1, 0.15) is 17.5 Å². The molecule has 1 N–H and O–H groups in total. The monoisotopic (exact) mass is 382 g/mol. The Balaban J connectivity index is 1.34. The first-order valence-corrected chi connectivity index (χ1v) is 10.2. The normalized spacial score (nSPS) is 18.2. The van der Waals surface area contributed by atoms with Gasteiger partial charge in [-0.3, -0.25) is 4.57 Å². The number of aryl methyl sites for hydroxylation is 1. The molecule has 0 aliphatic heterocycles. The summed E-state index contributed by atoms with van der Waals surface area (Å²) in [6.07, 6.45) is 10.0. The lowest BCUT2D eigenvalue weighted by molar-refractivity contribution is 0.629. The fourth-order valence-electron chi connectivity index (χ4n) is 4.76. The van der Waals surface area contributed by atoms with Gasteiger partial charge in [-0.2, -0.15) is 9.61 Å². The highest BCUT2D eigenvalue weighted by molar-refractivity contribution is 5.77. The zero-order chi connectivity index (χ0) is 19.4. The predicted octanol–water partition coefficient (Wildman–Crippen LogP) is 4.20. The lowest BCUT2D eigenvalue weighted by Crippen LogP contribution is -2.25. The van der Waals surface area contributed by atoms with Gasteiger partial charge in [-0.1, -0.05) is 29.8 Å². The summed E-state index contributed by atoms with van der Waals surface area (Å²) in [5, 5.41) is 8.25. The molecule has 0 fully saturated rings. The van der Waals surface area contributed by atoms with Gasteiger partial charge in [0.15, 0.2) is 5.65 Å². The van der Waals surface area contributed by atoms with Crippen LogP contribution in [0, 0.1) is 6.92 Å². The van der Waals surface area contributed by atoms with Gasteiger partial charge in [0.25, 0.3) is 0 Å². The molecule has 0 radical (unpaired) electrons. The van der Waals surface area contributed by atoms with E-state index in [-0.39, 0.29) is 0 Å². The van der Waals surface area contributed by atoms with Crippen LogP contribution in [0.1, 0.15) is 36.2 Å². The summed E-state index contributed by atoms with van der Waals surface area (Å²) in [7, 11) is 0. The third-order valence-electron chi connectivity index (χ3n) is 6.19. The Hall–Kier alpha value is -3.41. The molecule has 1 atom stereocenters. The molecule has 29 heavy (non-hydrogen) atoms. The smallest absolute Gasteiger partial charge is 0.159 e. The largest absolute Gasteiger partial charge is 0.367 e. The van der Waals surface area contributed by atoms with E-state index in [0.29, 0.717) is 6.04 Å². The third-order valence-corrected chi connectivity index (χ3v) is 6.19. The van der Waals surface area contributed by atoms with Crippen molar-refractivity contribution in [3.63, 3.8) is 0 Å². The van der Waals surface area contributed by atoms with Crippen LogP contribution >= 0.6 is 0 Å². The number of anilines is 1. The van der Waals surface area contributed by atoms with Crippen LogP contribution in [-0.4, -0.2) is 30.2 Å².